The van der Waals surface area contributed by atoms with Gasteiger partial charge < -0.3 is 15.8 Å². The maximum Gasteiger partial charge on any atom is 0.193 e. The molecule has 1 heterocycles. The van der Waals surface area contributed by atoms with Gasteiger partial charge in [-0.05, 0) is 49.0 Å². The summed E-state index contributed by atoms with van der Waals surface area (Å²) in [6.07, 6.45) is 2.60. The SMILES string of the molecule is COCc1ccccc1NC(N)=NCc1cccc(CN2CCC(C)CC2)c1. The average Bonchev–Trinajstić information content (AvgIpc) is 2.70. The van der Waals surface area contributed by atoms with Crippen LogP contribution in [-0.2, 0) is 24.4 Å². The smallest absolute Gasteiger partial charge is 0.193 e. The fraction of sp³-hybridized carbons (Fsp3) is 0.435. The van der Waals surface area contributed by atoms with Crippen molar-refractivity contribution in [3.8, 4) is 0 Å². The lowest BCUT2D eigenvalue weighted by molar-refractivity contribution is 0.185. The molecule has 0 amide bonds. The molecule has 3 rings (SSSR count). The molecule has 0 spiro atoms. The number of hydrogen-bond acceptors (Lipinski definition) is 3. The number of hydrogen-bond donors (Lipinski definition) is 2. The highest BCUT2D eigenvalue weighted by Crippen LogP contribution is 2.19. The van der Waals surface area contributed by atoms with Crippen molar-refractivity contribution >= 4 is 11.6 Å². The van der Waals surface area contributed by atoms with E-state index in [9.17, 15) is 0 Å². The zero-order valence-corrected chi connectivity index (χ0v) is 17.0. The first-order valence-electron chi connectivity index (χ1n) is 10.1. The molecule has 5 nitrogen and oxygen atoms in total. The van der Waals surface area contributed by atoms with Crippen LogP contribution in [0.4, 0.5) is 5.69 Å². The van der Waals surface area contributed by atoms with Gasteiger partial charge in [0.15, 0.2) is 5.96 Å². The zero-order valence-electron chi connectivity index (χ0n) is 17.0. The Bertz CT molecular complexity index is 782. The van der Waals surface area contributed by atoms with E-state index in [1.165, 1.54) is 37.1 Å². The van der Waals surface area contributed by atoms with E-state index in [1.807, 2.05) is 24.3 Å². The second kappa shape index (κ2) is 10.2. The van der Waals surface area contributed by atoms with Gasteiger partial charge in [-0.1, -0.05) is 49.4 Å². The molecule has 0 saturated carbocycles. The number of rotatable bonds is 7. The summed E-state index contributed by atoms with van der Waals surface area (Å²) < 4.78 is 5.24. The Labute approximate surface area is 168 Å². The third kappa shape index (κ3) is 6.08. The average molecular weight is 381 g/mol. The van der Waals surface area contributed by atoms with Crippen molar-refractivity contribution in [2.24, 2.45) is 16.6 Å². The number of nitrogens with zero attached hydrogens (tertiary/aromatic N) is 2. The molecule has 0 aliphatic carbocycles. The lowest BCUT2D eigenvalue weighted by Gasteiger charge is -2.30. The molecule has 1 saturated heterocycles. The molecular weight excluding hydrogens is 348 g/mol. The summed E-state index contributed by atoms with van der Waals surface area (Å²) in [5.74, 6) is 1.28. The van der Waals surface area contributed by atoms with Crippen molar-refractivity contribution in [3.05, 3.63) is 65.2 Å². The number of benzene rings is 2. The minimum Gasteiger partial charge on any atom is -0.380 e. The van der Waals surface area contributed by atoms with Crippen LogP contribution in [0.2, 0.25) is 0 Å². The van der Waals surface area contributed by atoms with Crippen molar-refractivity contribution in [3.63, 3.8) is 0 Å². The molecule has 0 unspecified atom stereocenters. The van der Waals surface area contributed by atoms with Crippen LogP contribution in [0, 0.1) is 5.92 Å². The molecule has 1 aliphatic heterocycles. The summed E-state index contributed by atoms with van der Waals surface area (Å²) in [6.45, 7) is 6.86. The van der Waals surface area contributed by atoms with Crippen LogP contribution >= 0.6 is 0 Å². The largest absolute Gasteiger partial charge is 0.380 e. The normalized spacial score (nSPS) is 16.3. The fourth-order valence-electron chi connectivity index (χ4n) is 3.58. The van der Waals surface area contributed by atoms with Crippen LogP contribution < -0.4 is 11.1 Å². The Kier molecular flexibility index (Phi) is 7.46. The Morgan fingerprint density at radius 2 is 1.89 bits per heavy atom. The van der Waals surface area contributed by atoms with Gasteiger partial charge in [0.2, 0.25) is 0 Å². The first-order valence-corrected chi connectivity index (χ1v) is 10.1. The number of likely N-dealkylation sites (tertiary alicyclic amines) is 1. The Morgan fingerprint density at radius 3 is 2.68 bits per heavy atom. The molecule has 0 radical (unpaired) electrons. The quantitative estimate of drug-likeness (QED) is 0.563. The van der Waals surface area contributed by atoms with Gasteiger partial charge in [0.05, 0.1) is 13.2 Å². The molecule has 150 valence electrons. The number of para-hydroxylation sites is 1. The molecule has 1 fully saturated rings. The van der Waals surface area contributed by atoms with Crippen LogP contribution in [0.5, 0.6) is 0 Å². The highest BCUT2D eigenvalue weighted by atomic mass is 16.5. The van der Waals surface area contributed by atoms with E-state index in [0.29, 0.717) is 19.1 Å². The summed E-state index contributed by atoms with van der Waals surface area (Å²) in [6, 6.07) is 16.6. The van der Waals surface area contributed by atoms with Gasteiger partial charge in [0.1, 0.15) is 0 Å². The summed E-state index contributed by atoms with van der Waals surface area (Å²) in [4.78, 5) is 7.06. The van der Waals surface area contributed by atoms with Crippen LogP contribution in [-0.4, -0.2) is 31.1 Å². The Hall–Kier alpha value is -2.37. The van der Waals surface area contributed by atoms with E-state index >= 15 is 0 Å². The maximum atomic E-state index is 6.11. The van der Waals surface area contributed by atoms with Gasteiger partial charge in [-0.3, -0.25) is 4.90 Å². The molecule has 3 N–H and O–H groups in total. The van der Waals surface area contributed by atoms with Gasteiger partial charge >= 0.3 is 0 Å². The van der Waals surface area contributed by atoms with Crippen LogP contribution in [0.25, 0.3) is 0 Å². The number of anilines is 1. The van der Waals surface area contributed by atoms with Gasteiger partial charge in [-0.25, -0.2) is 4.99 Å². The zero-order chi connectivity index (χ0) is 19.8. The van der Waals surface area contributed by atoms with Crippen molar-refractivity contribution in [1.82, 2.24) is 4.90 Å². The summed E-state index contributed by atoms with van der Waals surface area (Å²) in [5, 5.41) is 3.19. The van der Waals surface area contributed by atoms with Crippen LogP contribution in [0.15, 0.2) is 53.5 Å². The topological polar surface area (TPSA) is 62.9 Å². The number of ether oxygens (including phenoxy) is 1. The van der Waals surface area contributed by atoms with Crippen LogP contribution in [0.3, 0.4) is 0 Å². The van der Waals surface area contributed by atoms with E-state index in [2.05, 4.69) is 46.4 Å². The highest BCUT2D eigenvalue weighted by molar-refractivity contribution is 5.92. The second-order valence-electron chi connectivity index (χ2n) is 7.70. The van der Waals surface area contributed by atoms with E-state index in [0.717, 1.165) is 23.7 Å². The van der Waals surface area contributed by atoms with E-state index in [1.54, 1.807) is 7.11 Å². The lowest BCUT2D eigenvalue weighted by atomic mass is 9.98. The second-order valence-corrected chi connectivity index (χ2v) is 7.70. The molecule has 2 aromatic carbocycles. The molecule has 28 heavy (non-hydrogen) atoms. The van der Waals surface area contributed by atoms with E-state index < -0.39 is 0 Å². The standard InChI is InChI=1S/C23H32N4O/c1-18-10-12-27(13-11-18)16-20-7-5-6-19(14-20)15-25-23(24)26-22-9-4-3-8-21(22)17-28-2/h3-9,14,18H,10-13,15-17H2,1-2H3,(H3,24,25,26). The van der Waals surface area contributed by atoms with Gasteiger partial charge in [0.25, 0.3) is 0 Å². The monoisotopic (exact) mass is 380 g/mol. The molecule has 5 heteroatoms. The summed E-state index contributed by atoms with van der Waals surface area (Å²) >= 11 is 0. The predicted octanol–water partition coefficient (Wildman–Crippen LogP) is 3.99. The number of nitrogens with two attached hydrogens (primary N) is 1. The lowest BCUT2D eigenvalue weighted by Crippen LogP contribution is -2.32. The third-order valence-corrected chi connectivity index (χ3v) is 5.29. The summed E-state index contributed by atoms with van der Waals surface area (Å²) in [7, 11) is 1.69. The van der Waals surface area contributed by atoms with E-state index in [-0.39, 0.29) is 0 Å². The molecule has 0 atom stereocenters. The Balaban J connectivity index is 1.58. The van der Waals surface area contributed by atoms with Crippen molar-refractivity contribution in [2.75, 3.05) is 25.5 Å². The first kappa shape index (κ1) is 20.4. The minimum atomic E-state index is 0.416. The van der Waals surface area contributed by atoms with Crippen LogP contribution in [0.1, 0.15) is 36.5 Å². The fourth-order valence-corrected chi connectivity index (χ4v) is 3.58. The van der Waals surface area contributed by atoms with Crippen molar-refractivity contribution in [2.45, 2.75) is 39.5 Å². The number of methoxy groups -OCH3 is 1. The minimum absolute atomic E-state index is 0.416. The van der Waals surface area contributed by atoms with Gasteiger partial charge in [0, 0.05) is 24.9 Å². The third-order valence-electron chi connectivity index (χ3n) is 5.29. The van der Waals surface area contributed by atoms with Crippen molar-refractivity contribution in [1.29, 1.82) is 0 Å². The highest BCUT2D eigenvalue weighted by Gasteiger charge is 2.15. The molecule has 0 aromatic heterocycles. The number of guanidine groups is 1. The number of aliphatic imine (C=N–C) groups is 1. The number of piperidine rings is 1. The summed E-state index contributed by atoms with van der Waals surface area (Å²) in [5.41, 5.74) is 10.6. The first-order chi connectivity index (χ1) is 13.6. The predicted molar refractivity (Wildman–Crippen MR) is 116 cm³/mol. The number of nitrogens with one attached hydrogen (secondary N) is 1. The van der Waals surface area contributed by atoms with Gasteiger partial charge in [-0.2, -0.15) is 0 Å². The van der Waals surface area contributed by atoms with Crippen molar-refractivity contribution < 1.29 is 4.74 Å². The van der Waals surface area contributed by atoms with E-state index in [4.69, 9.17) is 10.5 Å². The van der Waals surface area contributed by atoms with Gasteiger partial charge in [-0.15, -0.1) is 0 Å². The maximum absolute atomic E-state index is 6.11. The molecular formula is C23H32N4O. The molecule has 2 aromatic rings. The Morgan fingerprint density at radius 1 is 1.14 bits per heavy atom. The molecule has 1 aliphatic rings. The molecule has 0 bridgehead atoms.